The summed E-state index contributed by atoms with van der Waals surface area (Å²) in [6, 6.07) is 13.4. The summed E-state index contributed by atoms with van der Waals surface area (Å²) in [5.41, 5.74) is 3.37. The van der Waals surface area contributed by atoms with E-state index in [4.69, 9.17) is 8.94 Å². The zero-order chi connectivity index (χ0) is 19.8. The van der Waals surface area contributed by atoms with Gasteiger partial charge in [0.25, 0.3) is 5.89 Å². The Morgan fingerprint density at radius 2 is 2.14 bits per heavy atom. The number of aromatic nitrogens is 4. The molecule has 8 heteroatoms. The number of anilines is 1. The quantitative estimate of drug-likeness (QED) is 0.557. The minimum Gasteiger partial charge on any atom is -0.463 e. The topological polar surface area (TPSA) is 101 Å². The maximum atomic E-state index is 12.7. The maximum absolute atomic E-state index is 12.7. The van der Waals surface area contributed by atoms with E-state index < -0.39 is 0 Å². The highest BCUT2D eigenvalue weighted by Crippen LogP contribution is 2.33. The number of aromatic amines is 1. The van der Waals surface area contributed by atoms with Crippen LogP contribution >= 0.6 is 0 Å². The van der Waals surface area contributed by atoms with Crippen LogP contribution in [0, 0.1) is 0 Å². The van der Waals surface area contributed by atoms with Crippen molar-refractivity contribution >= 4 is 11.6 Å². The Balaban J connectivity index is 1.37. The summed E-state index contributed by atoms with van der Waals surface area (Å²) in [6.07, 6.45) is 2.82. The second kappa shape index (κ2) is 7.05. The second-order valence-corrected chi connectivity index (χ2v) is 6.99. The summed E-state index contributed by atoms with van der Waals surface area (Å²) in [5.74, 6) is 1.48. The van der Waals surface area contributed by atoms with E-state index in [0.717, 1.165) is 17.7 Å². The molecule has 1 amide bonds. The summed E-state index contributed by atoms with van der Waals surface area (Å²) in [6.45, 7) is 2.62. The number of rotatable bonds is 5. The lowest BCUT2D eigenvalue weighted by atomic mass is 10.1. The predicted octanol–water partition coefficient (Wildman–Crippen LogP) is 3.80. The Bertz CT molecular complexity index is 1140. The van der Waals surface area contributed by atoms with Crippen molar-refractivity contribution in [3.63, 3.8) is 0 Å². The lowest BCUT2D eigenvalue weighted by molar-refractivity contribution is -0.117. The predicted molar refractivity (Wildman–Crippen MR) is 105 cm³/mol. The Kier molecular flexibility index (Phi) is 4.23. The summed E-state index contributed by atoms with van der Waals surface area (Å²) >= 11 is 0. The third kappa shape index (κ3) is 3.12. The van der Waals surface area contributed by atoms with E-state index in [9.17, 15) is 4.79 Å². The van der Waals surface area contributed by atoms with Crippen molar-refractivity contribution in [2.45, 2.75) is 25.7 Å². The fraction of sp³-hybridized carbons (Fsp3) is 0.238. The number of aryl methyl sites for hydroxylation is 1. The van der Waals surface area contributed by atoms with Gasteiger partial charge in [-0.05, 0) is 30.2 Å². The molecule has 5 rings (SSSR count). The van der Waals surface area contributed by atoms with Gasteiger partial charge in [0.1, 0.15) is 11.4 Å². The summed E-state index contributed by atoms with van der Waals surface area (Å²) in [5, 5.41) is 11.2. The number of hydrogen-bond donors (Lipinski definition) is 1. The number of amides is 1. The smallest absolute Gasteiger partial charge is 0.275 e. The van der Waals surface area contributed by atoms with E-state index in [1.165, 1.54) is 0 Å². The molecule has 29 heavy (non-hydrogen) atoms. The standard InChI is InChI=1S/C21H19N5O3/c1-2-13-6-3-4-7-17(13)26-12-14(10-19(26)27)20-22-21(29-25-20)16-11-15(23-24-16)18-8-5-9-28-18/h3-9,11,14H,2,10,12H2,1H3,(H,23,24). The van der Waals surface area contributed by atoms with Gasteiger partial charge in [-0.25, -0.2) is 0 Å². The zero-order valence-electron chi connectivity index (χ0n) is 15.8. The SMILES string of the molecule is CCc1ccccc1N1CC(c2noc(-c3cc(-c4ccco4)n[nH]3)n2)CC1=O. The monoisotopic (exact) mass is 389 g/mol. The molecule has 1 aliphatic rings. The van der Waals surface area contributed by atoms with Gasteiger partial charge in [0, 0.05) is 30.6 Å². The molecule has 1 N–H and O–H groups in total. The number of furan rings is 1. The van der Waals surface area contributed by atoms with Crippen LogP contribution in [-0.2, 0) is 11.2 Å². The van der Waals surface area contributed by atoms with Crippen molar-refractivity contribution < 1.29 is 13.7 Å². The Morgan fingerprint density at radius 3 is 2.97 bits per heavy atom. The molecular weight excluding hydrogens is 370 g/mol. The van der Waals surface area contributed by atoms with Crippen LogP contribution in [-0.4, -0.2) is 32.8 Å². The fourth-order valence-electron chi connectivity index (χ4n) is 3.68. The molecular formula is C21H19N5O3. The van der Waals surface area contributed by atoms with Gasteiger partial charge in [0.2, 0.25) is 5.91 Å². The van der Waals surface area contributed by atoms with Crippen LogP contribution in [0.4, 0.5) is 5.69 Å². The minimum absolute atomic E-state index is 0.0731. The lowest BCUT2D eigenvalue weighted by Crippen LogP contribution is -2.25. The molecule has 8 nitrogen and oxygen atoms in total. The van der Waals surface area contributed by atoms with Gasteiger partial charge < -0.3 is 13.8 Å². The number of benzene rings is 1. The molecule has 0 bridgehead atoms. The van der Waals surface area contributed by atoms with Crippen molar-refractivity contribution in [1.29, 1.82) is 0 Å². The van der Waals surface area contributed by atoms with Gasteiger partial charge >= 0.3 is 0 Å². The first-order chi connectivity index (χ1) is 14.2. The first-order valence-electron chi connectivity index (χ1n) is 9.54. The van der Waals surface area contributed by atoms with Crippen molar-refractivity contribution in [3.8, 4) is 23.0 Å². The van der Waals surface area contributed by atoms with E-state index in [1.807, 2.05) is 29.2 Å². The Morgan fingerprint density at radius 1 is 1.24 bits per heavy atom. The number of carbonyl (C=O) groups is 1. The first kappa shape index (κ1) is 17.4. The molecule has 0 saturated carbocycles. The third-order valence-corrected chi connectivity index (χ3v) is 5.18. The molecule has 0 spiro atoms. The van der Waals surface area contributed by atoms with Crippen molar-refractivity contribution in [1.82, 2.24) is 20.3 Å². The lowest BCUT2D eigenvalue weighted by Gasteiger charge is -2.19. The van der Waals surface area contributed by atoms with Crippen LogP contribution in [0.15, 0.2) is 57.7 Å². The van der Waals surface area contributed by atoms with Gasteiger partial charge in [-0.15, -0.1) is 0 Å². The van der Waals surface area contributed by atoms with Gasteiger partial charge in [-0.2, -0.15) is 10.1 Å². The number of nitrogens with one attached hydrogen (secondary N) is 1. The van der Waals surface area contributed by atoms with Gasteiger partial charge in [-0.1, -0.05) is 30.3 Å². The van der Waals surface area contributed by atoms with E-state index >= 15 is 0 Å². The van der Waals surface area contributed by atoms with E-state index in [2.05, 4.69) is 33.3 Å². The molecule has 0 radical (unpaired) electrons. The summed E-state index contributed by atoms with van der Waals surface area (Å²) in [4.78, 5) is 19.0. The Hall–Kier alpha value is -3.68. The van der Waals surface area contributed by atoms with Crippen LogP contribution in [0.3, 0.4) is 0 Å². The van der Waals surface area contributed by atoms with Crippen molar-refractivity contribution in [3.05, 3.63) is 60.1 Å². The molecule has 4 aromatic rings. The number of carbonyl (C=O) groups excluding carboxylic acids is 1. The molecule has 1 saturated heterocycles. The molecule has 146 valence electrons. The van der Waals surface area contributed by atoms with E-state index in [-0.39, 0.29) is 11.8 Å². The minimum atomic E-state index is -0.114. The molecule has 4 heterocycles. The number of H-pyrrole nitrogens is 1. The number of hydrogen-bond acceptors (Lipinski definition) is 6. The fourth-order valence-corrected chi connectivity index (χ4v) is 3.68. The van der Waals surface area contributed by atoms with Crippen molar-refractivity contribution in [2.75, 3.05) is 11.4 Å². The molecule has 1 fully saturated rings. The zero-order valence-corrected chi connectivity index (χ0v) is 15.8. The summed E-state index contributed by atoms with van der Waals surface area (Å²) < 4.78 is 10.8. The van der Waals surface area contributed by atoms with Gasteiger partial charge in [0.15, 0.2) is 11.6 Å². The van der Waals surface area contributed by atoms with Crippen LogP contribution < -0.4 is 4.90 Å². The number of para-hydroxylation sites is 1. The highest BCUT2D eigenvalue weighted by molar-refractivity contribution is 5.97. The highest BCUT2D eigenvalue weighted by Gasteiger charge is 2.35. The first-order valence-corrected chi connectivity index (χ1v) is 9.54. The van der Waals surface area contributed by atoms with Crippen LogP contribution in [0.5, 0.6) is 0 Å². The van der Waals surface area contributed by atoms with E-state index in [1.54, 1.807) is 18.4 Å². The van der Waals surface area contributed by atoms with E-state index in [0.29, 0.717) is 41.8 Å². The molecule has 1 unspecified atom stereocenters. The average Bonchev–Trinajstić information content (AvgIpc) is 3.53. The molecule has 1 aromatic carbocycles. The number of nitrogens with zero attached hydrogens (tertiary/aromatic N) is 4. The average molecular weight is 389 g/mol. The molecule has 3 aromatic heterocycles. The second-order valence-electron chi connectivity index (χ2n) is 6.99. The van der Waals surface area contributed by atoms with Crippen molar-refractivity contribution in [2.24, 2.45) is 0 Å². The highest BCUT2D eigenvalue weighted by atomic mass is 16.5. The van der Waals surface area contributed by atoms with Gasteiger partial charge in [0.05, 0.1) is 6.26 Å². The van der Waals surface area contributed by atoms with Crippen LogP contribution in [0.2, 0.25) is 0 Å². The Labute approximate surface area is 166 Å². The van der Waals surface area contributed by atoms with Gasteiger partial charge in [-0.3, -0.25) is 9.89 Å². The largest absolute Gasteiger partial charge is 0.463 e. The van der Waals surface area contributed by atoms with Crippen LogP contribution in [0.25, 0.3) is 23.0 Å². The molecule has 1 atom stereocenters. The maximum Gasteiger partial charge on any atom is 0.275 e. The third-order valence-electron chi connectivity index (χ3n) is 5.18. The summed E-state index contributed by atoms with van der Waals surface area (Å²) in [7, 11) is 0. The molecule has 0 aliphatic carbocycles. The normalized spacial score (nSPS) is 16.7. The van der Waals surface area contributed by atoms with Crippen LogP contribution in [0.1, 0.15) is 30.7 Å². The molecule has 1 aliphatic heterocycles.